The maximum atomic E-state index is 13.3. The number of nitrogens with zero attached hydrogens (tertiary/aromatic N) is 2. The summed E-state index contributed by atoms with van der Waals surface area (Å²) in [4.78, 5) is 24.5. The summed E-state index contributed by atoms with van der Waals surface area (Å²) in [6, 6.07) is 17.4. The first-order valence-electron chi connectivity index (χ1n) is 8.56. The zero-order chi connectivity index (χ0) is 18.9. The first-order chi connectivity index (χ1) is 12.4. The maximum Gasteiger partial charge on any atom is 0.295 e. The molecule has 0 atom stereocenters. The number of aromatic nitrogens is 2. The third-order valence-corrected chi connectivity index (χ3v) is 4.31. The molecule has 26 heavy (non-hydrogen) atoms. The fourth-order valence-electron chi connectivity index (χ4n) is 3.22. The minimum Gasteiger partial charge on any atom is -0.323 e. The van der Waals surface area contributed by atoms with E-state index in [1.165, 1.54) is 0 Å². The summed E-state index contributed by atoms with van der Waals surface area (Å²) in [5.41, 5.74) is 3.06. The second kappa shape index (κ2) is 6.67. The highest BCUT2D eigenvalue weighted by Gasteiger charge is 2.30. The van der Waals surface area contributed by atoms with Crippen molar-refractivity contribution in [3.63, 3.8) is 0 Å². The van der Waals surface area contributed by atoms with E-state index in [1.54, 1.807) is 4.68 Å². The monoisotopic (exact) mass is 349 g/mol. The van der Waals surface area contributed by atoms with Gasteiger partial charge in [-0.3, -0.25) is 9.59 Å². The molecule has 0 bridgehead atoms. The van der Waals surface area contributed by atoms with Crippen LogP contribution in [0.25, 0.3) is 11.4 Å². The Balaban J connectivity index is 2.50. The van der Waals surface area contributed by atoms with E-state index in [1.807, 2.05) is 87.0 Å². The van der Waals surface area contributed by atoms with Gasteiger partial charge in [0.1, 0.15) is 5.69 Å². The SMILES string of the molecule is Cc1ccccc1-n1c(=O)c(NC=O)c(C(C)(C)C)n1-c1ccccc1. The van der Waals surface area contributed by atoms with Gasteiger partial charge in [0.2, 0.25) is 6.41 Å². The third-order valence-electron chi connectivity index (χ3n) is 4.31. The Labute approximate surface area is 152 Å². The summed E-state index contributed by atoms with van der Waals surface area (Å²) in [6.45, 7) is 8.05. The molecule has 0 aliphatic heterocycles. The van der Waals surface area contributed by atoms with Crippen LogP contribution in [0.4, 0.5) is 5.69 Å². The Morgan fingerprint density at radius 1 is 0.923 bits per heavy atom. The molecule has 1 heterocycles. The first-order valence-corrected chi connectivity index (χ1v) is 8.56. The van der Waals surface area contributed by atoms with Crippen LogP contribution in [0, 0.1) is 6.92 Å². The van der Waals surface area contributed by atoms with Gasteiger partial charge >= 0.3 is 0 Å². The number of aryl methyl sites for hydroxylation is 1. The molecular formula is C21H23N3O2. The lowest BCUT2D eigenvalue weighted by Gasteiger charge is -2.24. The lowest BCUT2D eigenvalue weighted by molar-refractivity contribution is -0.105. The molecule has 0 radical (unpaired) electrons. The van der Waals surface area contributed by atoms with E-state index in [-0.39, 0.29) is 11.0 Å². The molecule has 2 aromatic carbocycles. The van der Waals surface area contributed by atoms with Crippen LogP contribution in [0.3, 0.4) is 0 Å². The first kappa shape index (κ1) is 17.7. The second-order valence-corrected chi connectivity index (χ2v) is 7.29. The molecular weight excluding hydrogens is 326 g/mol. The van der Waals surface area contributed by atoms with Crippen LogP contribution in [0.2, 0.25) is 0 Å². The van der Waals surface area contributed by atoms with Gasteiger partial charge in [-0.15, -0.1) is 0 Å². The zero-order valence-corrected chi connectivity index (χ0v) is 15.5. The van der Waals surface area contributed by atoms with E-state index in [4.69, 9.17) is 0 Å². The molecule has 1 aromatic heterocycles. The lowest BCUT2D eigenvalue weighted by Crippen LogP contribution is -2.24. The molecule has 3 rings (SSSR count). The standard InChI is InChI=1S/C21H23N3O2/c1-15-10-8-9-13-17(15)24-20(26)18(22-14-25)19(21(2,3)4)23(24)16-11-6-5-7-12-16/h5-14H,1-4H3,(H,22,25). The van der Waals surface area contributed by atoms with Crippen LogP contribution >= 0.6 is 0 Å². The highest BCUT2D eigenvalue weighted by molar-refractivity contribution is 5.74. The van der Waals surface area contributed by atoms with Gasteiger partial charge in [-0.2, -0.15) is 0 Å². The van der Waals surface area contributed by atoms with Gasteiger partial charge in [-0.1, -0.05) is 57.2 Å². The molecule has 0 aliphatic carbocycles. The molecule has 0 fully saturated rings. The van der Waals surface area contributed by atoms with Crippen molar-refractivity contribution in [3.05, 3.63) is 76.2 Å². The predicted octanol–water partition coefficient (Wildman–Crippen LogP) is 3.80. The summed E-state index contributed by atoms with van der Waals surface area (Å²) < 4.78 is 3.54. The zero-order valence-electron chi connectivity index (χ0n) is 15.5. The van der Waals surface area contributed by atoms with Crippen molar-refractivity contribution in [2.45, 2.75) is 33.1 Å². The molecule has 0 saturated carbocycles. The number of anilines is 1. The summed E-state index contributed by atoms with van der Waals surface area (Å²) >= 11 is 0. The molecule has 0 saturated heterocycles. The highest BCUT2D eigenvalue weighted by Crippen LogP contribution is 2.32. The molecule has 0 aliphatic rings. The van der Waals surface area contributed by atoms with Crippen LogP contribution in [-0.2, 0) is 10.2 Å². The highest BCUT2D eigenvalue weighted by atomic mass is 16.1. The number of rotatable bonds is 4. The number of amides is 1. The van der Waals surface area contributed by atoms with Crippen molar-refractivity contribution in [1.82, 2.24) is 9.36 Å². The molecule has 0 spiro atoms. The average Bonchev–Trinajstić information content (AvgIpc) is 2.89. The molecule has 0 unspecified atom stereocenters. The van der Waals surface area contributed by atoms with Crippen LogP contribution in [0.15, 0.2) is 59.4 Å². The molecule has 1 amide bonds. The van der Waals surface area contributed by atoms with Crippen LogP contribution in [-0.4, -0.2) is 15.8 Å². The van der Waals surface area contributed by atoms with Crippen LogP contribution < -0.4 is 10.9 Å². The Morgan fingerprint density at radius 2 is 1.54 bits per heavy atom. The number of nitrogens with one attached hydrogen (secondary N) is 1. The minimum atomic E-state index is -0.367. The molecule has 1 N–H and O–H groups in total. The lowest BCUT2D eigenvalue weighted by atomic mass is 9.91. The normalized spacial score (nSPS) is 11.4. The van der Waals surface area contributed by atoms with E-state index in [9.17, 15) is 9.59 Å². The Kier molecular flexibility index (Phi) is 4.55. The van der Waals surface area contributed by atoms with Crippen molar-refractivity contribution >= 4 is 12.1 Å². The topological polar surface area (TPSA) is 56.0 Å². The van der Waals surface area contributed by atoms with Crippen molar-refractivity contribution in [2.75, 3.05) is 5.32 Å². The van der Waals surface area contributed by atoms with Gasteiger partial charge < -0.3 is 5.32 Å². The number of carbonyl (C=O) groups excluding carboxylic acids is 1. The Morgan fingerprint density at radius 3 is 2.12 bits per heavy atom. The van der Waals surface area contributed by atoms with Crippen molar-refractivity contribution < 1.29 is 4.79 Å². The quantitative estimate of drug-likeness (QED) is 0.728. The number of hydrogen-bond acceptors (Lipinski definition) is 2. The second-order valence-electron chi connectivity index (χ2n) is 7.29. The molecule has 5 nitrogen and oxygen atoms in total. The van der Waals surface area contributed by atoms with Gasteiger partial charge in [0.15, 0.2) is 0 Å². The average molecular weight is 349 g/mol. The third kappa shape index (κ3) is 2.96. The number of benzene rings is 2. The molecule has 5 heteroatoms. The number of carbonyl (C=O) groups is 1. The Hall–Kier alpha value is -3.08. The van der Waals surface area contributed by atoms with E-state index in [2.05, 4.69) is 5.32 Å². The van der Waals surface area contributed by atoms with Gasteiger partial charge in [0, 0.05) is 5.41 Å². The van der Waals surface area contributed by atoms with Gasteiger partial charge in [0.25, 0.3) is 5.56 Å². The predicted molar refractivity (Wildman–Crippen MR) is 104 cm³/mol. The van der Waals surface area contributed by atoms with Gasteiger partial charge in [0.05, 0.1) is 17.1 Å². The minimum absolute atomic E-state index is 0.250. The van der Waals surface area contributed by atoms with E-state index < -0.39 is 0 Å². The largest absolute Gasteiger partial charge is 0.323 e. The summed E-state index contributed by atoms with van der Waals surface area (Å²) in [7, 11) is 0. The summed E-state index contributed by atoms with van der Waals surface area (Å²) in [5.74, 6) is 0. The van der Waals surface area contributed by atoms with Gasteiger partial charge in [-0.25, -0.2) is 9.36 Å². The smallest absolute Gasteiger partial charge is 0.295 e. The van der Waals surface area contributed by atoms with E-state index in [0.717, 1.165) is 22.6 Å². The van der Waals surface area contributed by atoms with Crippen molar-refractivity contribution in [3.8, 4) is 11.4 Å². The fraction of sp³-hybridized carbons (Fsp3) is 0.238. The number of hydrogen-bond donors (Lipinski definition) is 1. The van der Waals surface area contributed by atoms with Crippen LogP contribution in [0.1, 0.15) is 32.0 Å². The molecule has 3 aromatic rings. The maximum absolute atomic E-state index is 13.3. The van der Waals surface area contributed by atoms with Crippen LogP contribution in [0.5, 0.6) is 0 Å². The number of para-hydroxylation sites is 2. The Bertz CT molecular complexity index is 992. The van der Waals surface area contributed by atoms with E-state index >= 15 is 0 Å². The van der Waals surface area contributed by atoms with Gasteiger partial charge in [-0.05, 0) is 30.7 Å². The summed E-state index contributed by atoms with van der Waals surface area (Å²) in [6.07, 6.45) is 0.559. The van der Waals surface area contributed by atoms with E-state index in [0.29, 0.717) is 12.1 Å². The fourth-order valence-corrected chi connectivity index (χ4v) is 3.22. The van der Waals surface area contributed by atoms with Crippen molar-refractivity contribution in [1.29, 1.82) is 0 Å². The van der Waals surface area contributed by atoms with Crippen molar-refractivity contribution in [2.24, 2.45) is 0 Å². The summed E-state index contributed by atoms with van der Waals surface area (Å²) in [5, 5.41) is 2.64. The molecule has 134 valence electrons.